The van der Waals surface area contributed by atoms with Crippen molar-refractivity contribution in [2.45, 2.75) is 39.0 Å². The molecule has 0 N–H and O–H groups in total. The van der Waals surface area contributed by atoms with Crippen LogP contribution in [0.5, 0.6) is 5.75 Å². The van der Waals surface area contributed by atoms with Crippen molar-refractivity contribution < 1.29 is 4.74 Å². The van der Waals surface area contributed by atoms with Crippen LogP contribution in [0.25, 0.3) is 0 Å². The van der Waals surface area contributed by atoms with Crippen molar-refractivity contribution >= 4 is 11.6 Å². The third-order valence-electron chi connectivity index (χ3n) is 4.45. The molecule has 1 saturated carbocycles. The highest BCUT2D eigenvalue weighted by molar-refractivity contribution is 6.30. The summed E-state index contributed by atoms with van der Waals surface area (Å²) in [4.78, 5) is 0. The first kappa shape index (κ1) is 12.8. The highest BCUT2D eigenvalue weighted by Gasteiger charge is 2.39. The van der Waals surface area contributed by atoms with E-state index in [2.05, 4.69) is 13.0 Å². The van der Waals surface area contributed by atoms with E-state index >= 15 is 0 Å². The van der Waals surface area contributed by atoms with E-state index in [0.29, 0.717) is 5.92 Å². The highest BCUT2D eigenvalue weighted by atomic mass is 35.5. The van der Waals surface area contributed by atoms with Crippen LogP contribution >= 0.6 is 11.6 Å². The highest BCUT2D eigenvalue weighted by Crippen LogP contribution is 2.46. The van der Waals surface area contributed by atoms with Gasteiger partial charge in [0.2, 0.25) is 0 Å². The molecule has 1 fully saturated rings. The van der Waals surface area contributed by atoms with Gasteiger partial charge in [0, 0.05) is 11.4 Å². The lowest BCUT2D eigenvalue weighted by Crippen LogP contribution is -2.18. The van der Waals surface area contributed by atoms with Crippen molar-refractivity contribution in [3.63, 3.8) is 0 Å². The van der Waals surface area contributed by atoms with Crippen molar-refractivity contribution in [2.24, 2.45) is 11.3 Å². The molecular formula is C16H18ClNO. The van der Waals surface area contributed by atoms with E-state index in [1.165, 1.54) is 5.56 Å². The van der Waals surface area contributed by atoms with Crippen molar-refractivity contribution in [2.75, 3.05) is 6.61 Å². The number of ether oxygens (including phenoxy) is 1. The number of fused-ring (bicyclic) bond motifs is 1. The largest absolute Gasteiger partial charge is 0.493 e. The van der Waals surface area contributed by atoms with Crippen LogP contribution in [0.1, 0.15) is 37.3 Å². The average Bonchev–Trinajstić information content (AvgIpc) is 2.97. The van der Waals surface area contributed by atoms with Gasteiger partial charge < -0.3 is 4.74 Å². The van der Waals surface area contributed by atoms with E-state index in [-0.39, 0.29) is 5.41 Å². The van der Waals surface area contributed by atoms with Gasteiger partial charge in [0.15, 0.2) is 0 Å². The van der Waals surface area contributed by atoms with E-state index < -0.39 is 0 Å². The lowest BCUT2D eigenvalue weighted by molar-refractivity contribution is 0.341. The Kier molecular flexibility index (Phi) is 3.19. The Morgan fingerprint density at radius 1 is 1.53 bits per heavy atom. The maximum Gasteiger partial charge on any atom is 0.125 e. The second-order valence-corrected chi connectivity index (χ2v) is 6.50. The maximum atomic E-state index is 9.59. The first-order valence-corrected chi connectivity index (χ1v) is 7.35. The summed E-state index contributed by atoms with van der Waals surface area (Å²) >= 11 is 6.19. The summed E-state index contributed by atoms with van der Waals surface area (Å²) in [5.41, 5.74) is 2.10. The normalized spacial score (nSPS) is 28.8. The first-order chi connectivity index (χ1) is 9.12. The number of benzene rings is 1. The van der Waals surface area contributed by atoms with Crippen LogP contribution in [0.4, 0.5) is 0 Å². The van der Waals surface area contributed by atoms with E-state index in [0.717, 1.165) is 55.0 Å². The van der Waals surface area contributed by atoms with Gasteiger partial charge >= 0.3 is 0 Å². The van der Waals surface area contributed by atoms with Gasteiger partial charge in [-0.05, 0) is 54.9 Å². The minimum absolute atomic E-state index is 0.218. The lowest BCUT2D eigenvalue weighted by atomic mass is 9.80. The summed E-state index contributed by atoms with van der Waals surface area (Å²) < 4.78 is 5.74. The van der Waals surface area contributed by atoms with Crippen LogP contribution in [0.2, 0.25) is 5.02 Å². The summed E-state index contributed by atoms with van der Waals surface area (Å²) in [5.74, 6) is 1.63. The van der Waals surface area contributed by atoms with Gasteiger partial charge in [-0.2, -0.15) is 5.26 Å². The molecule has 0 radical (unpaired) electrons. The molecule has 1 heterocycles. The molecule has 2 nitrogen and oxygen atoms in total. The number of rotatable bonds is 2. The molecule has 0 amide bonds. The molecule has 0 bridgehead atoms. The second-order valence-electron chi connectivity index (χ2n) is 6.07. The fourth-order valence-electron chi connectivity index (χ4n) is 3.54. The van der Waals surface area contributed by atoms with Crippen molar-refractivity contribution in [3.05, 3.63) is 28.3 Å². The zero-order chi connectivity index (χ0) is 13.5. The molecule has 1 aliphatic heterocycles. The molecule has 100 valence electrons. The Bertz CT molecular complexity index is 548. The van der Waals surface area contributed by atoms with Gasteiger partial charge in [0.05, 0.1) is 18.1 Å². The van der Waals surface area contributed by atoms with E-state index in [4.69, 9.17) is 16.3 Å². The van der Waals surface area contributed by atoms with Gasteiger partial charge in [0.1, 0.15) is 5.75 Å². The molecule has 1 aliphatic carbocycles. The van der Waals surface area contributed by atoms with Crippen LogP contribution in [-0.2, 0) is 12.8 Å². The fourth-order valence-corrected chi connectivity index (χ4v) is 3.80. The van der Waals surface area contributed by atoms with Gasteiger partial charge in [-0.25, -0.2) is 0 Å². The van der Waals surface area contributed by atoms with Gasteiger partial charge in [-0.3, -0.25) is 0 Å². The molecule has 19 heavy (non-hydrogen) atoms. The van der Waals surface area contributed by atoms with Crippen LogP contribution < -0.4 is 4.74 Å². The monoisotopic (exact) mass is 275 g/mol. The number of halogens is 1. The molecule has 0 saturated heterocycles. The zero-order valence-electron chi connectivity index (χ0n) is 11.2. The number of hydrogen-bond acceptors (Lipinski definition) is 2. The quantitative estimate of drug-likeness (QED) is 0.812. The van der Waals surface area contributed by atoms with E-state index in [1.54, 1.807) is 0 Å². The lowest BCUT2D eigenvalue weighted by Gasteiger charge is -2.22. The van der Waals surface area contributed by atoms with Crippen LogP contribution in [0.3, 0.4) is 0 Å². The SMILES string of the molecule is CC1CCC(C#N)(Cc2cc(Cl)cc3c2OCC3)C1. The molecule has 3 rings (SSSR count). The topological polar surface area (TPSA) is 33.0 Å². The van der Waals surface area contributed by atoms with Crippen LogP contribution in [0.15, 0.2) is 12.1 Å². The van der Waals surface area contributed by atoms with Gasteiger partial charge in [-0.1, -0.05) is 18.5 Å². The Hall–Kier alpha value is -1.20. The summed E-state index contributed by atoms with van der Waals surface area (Å²) in [5, 5.41) is 10.4. The predicted molar refractivity (Wildman–Crippen MR) is 75.4 cm³/mol. The number of nitrogens with zero attached hydrogens (tertiary/aromatic N) is 1. The summed E-state index contributed by atoms with van der Waals surface area (Å²) in [6, 6.07) is 6.54. The number of nitriles is 1. The second kappa shape index (κ2) is 4.72. The molecule has 0 spiro atoms. The third-order valence-corrected chi connectivity index (χ3v) is 4.66. The molecule has 2 atom stereocenters. The van der Waals surface area contributed by atoms with Crippen LogP contribution in [0, 0.1) is 22.7 Å². The average molecular weight is 276 g/mol. The summed E-state index contributed by atoms with van der Waals surface area (Å²) in [6.45, 7) is 2.97. The fraction of sp³-hybridized carbons (Fsp3) is 0.562. The Labute approximate surface area is 119 Å². The first-order valence-electron chi connectivity index (χ1n) is 6.97. The predicted octanol–water partition coefficient (Wildman–Crippen LogP) is 4.15. The third kappa shape index (κ3) is 2.32. The standard InChI is InChI=1S/C16H18ClNO/c1-11-2-4-16(8-11,10-18)9-13-7-14(17)6-12-3-5-19-15(12)13/h6-7,11H,2-5,8-9H2,1H3. The number of hydrogen-bond donors (Lipinski definition) is 0. The van der Waals surface area contributed by atoms with Gasteiger partial charge in [-0.15, -0.1) is 0 Å². The molecule has 2 aliphatic rings. The Balaban J connectivity index is 1.94. The van der Waals surface area contributed by atoms with E-state index in [1.807, 2.05) is 12.1 Å². The smallest absolute Gasteiger partial charge is 0.125 e. The van der Waals surface area contributed by atoms with Crippen molar-refractivity contribution in [1.29, 1.82) is 5.26 Å². The van der Waals surface area contributed by atoms with Crippen molar-refractivity contribution in [1.82, 2.24) is 0 Å². The Morgan fingerprint density at radius 2 is 2.37 bits per heavy atom. The summed E-state index contributed by atoms with van der Waals surface area (Å²) in [7, 11) is 0. The zero-order valence-corrected chi connectivity index (χ0v) is 12.0. The Morgan fingerprint density at radius 3 is 3.05 bits per heavy atom. The van der Waals surface area contributed by atoms with Gasteiger partial charge in [0.25, 0.3) is 0 Å². The molecule has 3 heteroatoms. The van der Waals surface area contributed by atoms with Crippen LogP contribution in [-0.4, -0.2) is 6.61 Å². The molecule has 0 aromatic heterocycles. The molecule has 1 aromatic rings. The summed E-state index contributed by atoms with van der Waals surface area (Å²) in [6.07, 6.45) is 4.84. The van der Waals surface area contributed by atoms with E-state index in [9.17, 15) is 5.26 Å². The minimum Gasteiger partial charge on any atom is -0.493 e. The molecule has 2 unspecified atom stereocenters. The van der Waals surface area contributed by atoms with Crippen molar-refractivity contribution in [3.8, 4) is 11.8 Å². The minimum atomic E-state index is -0.218. The molecule has 1 aromatic carbocycles. The maximum absolute atomic E-state index is 9.59. The molecular weight excluding hydrogens is 258 g/mol.